The summed E-state index contributed by atoms with van der Waals surface area (Å²) < 4.78 is 136. The van der Waals surface area contributed by atoms with Crippen molar-refractivity contribution < 1.29 is 48.7 Å². The number of benzene rings is 2. The lowest BCUT2D eigenvalue weighted by Crippen LogP contribution is -2.20. The summed E-state index contributed by atoms with van der Waals surface area (Å²) in [7, 11) is 0. The van der Waals surface area contributed by atoms with Gasteiger partial charge in [0, 0.05) is 12.3 Å². The number of hydrogen-bond acceptors (Lipinski definition) is 3. The molecule has 2 nitrogen and oxygen atoms in total. The van der Waals surface area contributed by atoms with Crippen LogP contribution in [0.3, 0.4) is 0 Å². The van der Waals surface area contributed by atoms with Gasteiger partial charge in [-0.05, 0) is 6.26 Å². The SMILES string of the molecule is CSCCN=C(CC(=O)c1c(F)c(F)c(F)c(F)c1F)c1c(F)c(F)c(F)c(F)c1F. The third-order valence-electron chi connectivity index (χ3n) is 3.91. The largest absolute Gasteiger partial charge is 0.294 e. The Morgan fingerprint density at radius 3 is 1.39 bits per heavy atom. The highest BCUT2D eigenvalue weighted by molar-refractivity contribution is 7.98. The number of rotatable bonds is 7. The maximum Gasteiger partial charge on any atom is 0.200 e. The quantitative estimate of drug-likeness (QED) is 0.132. The number of thioether (sulfide) groups is 1. The second-order valence-corrected chi connectivity index (χ2v) is 6.80. The Kier molecular flexibility index (Phi) is 7.73. The molecule has 0 bridgehead atoms. The van der Waals surface area contributed by atoms with E-state index in [0.717, 1.165) is 11.8 Å². The van der Waals surface area contributed by atoms with Crippen LogP contribution in [0.25, 0.3) is 0 Å². The van der Waals surface area contributed by atoms with E-state index in [1.807, 2.05) is 0 Å². The van der Waals surface area contributed by atoms with Crippen molar-refractivity contribution in [2.75, 3.05) is 18.6 Å². The number of aliphatic imine (C=N–C) groups is 1. The molecule has 0 radical (unpaired) electrons. The van der Waals surface area contributed by atoms with Gasteiger partial charge in [0.1, 0.15) is 0 Å². The number of ketones is 1. The second kappa shape index (κ2) is 9.71. The highest BCUT2D eigenvalue weighted by atomic mass is 32.2. The minimum absolute atomic E-state index is 0.135. The molecule has 0 aliphatic carbocycles. The van der Waals surface area contributed by atoms with Crippen LogP contribution in [0.1, 0.15) is 22.3 Å². The summed E-state index contributed by atoms with van der Waals surface area (Å²) in [6, 6.07) is 0. The number of Topliss-reactive ketones (excluding diaryl/α,β-unsaturated/α-hetero) is 1. The fourth-order valence-electron chi connectivity index (χ4n) is 2.44. The first-order valence-corrected chi connectivity index (χ1v) is 9.43. The third kappa shape index (κ3) is 4.55. The molecule has 2 aromatic rings. The van der Waals surface area contributed by atoms with Gasteiger partial charge in [-0.3, -0.25) is 9.79 Å². The lowest BCUT2D eigenvalue weighted by molar-refractivity contribution is 0.0989. The molecule has 2 aromatic carbocycles. The van der Waals surface area contributed by atoms with Gasteiger partial charge in [0.25, 0.3) is 0 Å². The summed E-state index contributed by atoms with van der Waals surface area (Å²) in [5.74, 6) is -26.3. The van der Waals surface area contributed by atoms with Gasteiger partial charge in [0.2, 0.25) is 11.6 Å². The monoisotopic (exact) mass is 477 g/mol. The molecule has 0 fully saturated rings. The van der Waals surface area contributed by atoms with Crippen LogP contribution < -0.4 is 0 Å². The molecule has 0 N–H and O–H groups in total. The average molecular weight is 477 g/mol. The van der Waals surface area contributed by atoms with Gasteiger partial charge in [-0.15, -0.1) is 0 Å². The van der Waals surface area contributed by atoms with E-state index in [4.69, 9.17) is 0 Å². The molecule has 2 rings (SSSR count). The first-order chi connectivity index (χ1) is 14.4. The molecule has 31 heavy (non-hydrogen) atoms. The van der Waals surface area contributed by atoms with Gasteiger partial charge >= 0.3 is 0 Å². The molecule has 0 atom stereocenters. The molecule has 168 valence electrons. The Bertz CT molecular complexity index is 1030. The summed E-state index contributed by atoms with van der Waals surface area (Å²) in [6.07, 6.45) is 0.0403. The zero-order valence-corrected chi connectivity index (χ0v) is 16.0. The van der Waals surface area contributed by atoms with Crippen molar-refractivity contribution in [3.8, 4) is 0 Å². The van der Waals surface area contributed by atoms with Crippen molar-refractivity contribution in [3.05, 3.63) is 69.3 Å². The van der Waals surface area contributed by atoms with Crippen LogP contribution in [-0.4, -0.2) is 30.0 Å². The molecule has 0 aromatic heterocycles. The van der Waals surface area contributed by atoms with Crippen molar-refractivity contribution in [1.29, 1.82) is 0 Å². The van der Waals surface area contributed by atoms with E-state index < -0.39 is 87.2 Å². The number of hydrogen-bond donors (Lipinski definition) is 0. The van der Waals surface area contributed by atoms with Crippen LogP contribution in [0.15, 0.2) is 4.99 Å². The Labute approximate surface area is 172 Å². The van der Waals surface area contributed by atoms with Gasteiger partial charge in [-0.2, -0.15) is 11.8 Å². The van der Waals surface area contributed by atoms with Gasteiger partial charge in [-0.25, -0.2) is 43.9 Å². The Morgan fingerprint density at radius 1 is 0.645 bits per heavy atom. The Morgan fingerprint density at radius 2 is 1.00 bits per heavy atom. The van der Waals surface area contributed by atoms with Crippen LogP contribution in [0.2, 0.25) is 0 Å². The maximum absolute atomic E-state index is 14.1. The second-order valence-electron chi connectivity index (χ2n) is 5.81. The number of halogens is 10. The fourth-order valence-corrected chi connectivity index (χ4v) is 2.72. The Hall–Kier alpha value is -2.57. The summed E-state index contributed by atoms with van der Waals surface area (Å²) in [6.45, 7) is -0.333. The molecule has 0 saturated carbocycles. The first kappa shape index (κ1) is 24.7. The van der Waals surface area contributed by atoms with Gasteiger partial charge < -0.3 is 0 Å². The molecule has 0 aliphatic rings. The summed E-state index contributed by atoms with van der Waals surface area (Å²) in [5.41, 5.74) is -4.73. The van der Waals surface area contributed by atoms with E-state index in [1.165, 1.54) is 0 Å². The minimum Gasteiger partial charge on any atom is -0.294 e. The molecule has 0 heterocycles. The van der Waals surface area contributed by atoms with Crippen LogP contribution in [0.5, 0.6) is 0 Å². The Balaban J connectivity index is 2.65. The van der Waals surface area contributed by atoms with Crippen molar-refractivity contribution in [2.45, 2.75) is 6.42 Å². The standard InChI is InChI=1S/C18H9F10NOS/c1-31-3-2-29-5(7-9(19)13(23)17(27)14(24)10(7)20)4-6(30)8-11(21)15(25)18(28)16(26)12(8)22/h2-4H2,1H3. The van der Waals surface area contributed by atoms with E-state index in [1.54, 1.807) is 6.26 Å². The van der Waals surface area contributed by atoms with E-state index in [-0.39, 0.29) is 12.3 Å². The highest BCUT2D eigenvalue weighted by Gasteiger charge is 2.33. The number of carbonyl (C=O) groups excluding carboxylic acids is 1. The minimum atomic E-state index is -2.56. The lowest BCUT2D eigenvalue weighted by Gasteiger charge is -2.12. The molecule has 0 spiro atoms. The maximum atomic E-state index is 14.1. The molecule has 0 saturated heterocycles. The average Bonchev–Trinajstić information content (AvgIpc) is 2.73. The number of nitrogens with zero attached hydrogens (tertiary/aromatic N) is 1. The summed E-state index contributed by atoms with van der Waals surface area (Å²) >= 11 is 1.13. The normalized spacial score (nSPS) is 11.9. The predicted octanol–water partition coefficient (Wildman–Crippen LogP) is 5.50. The highest BCUT2D eigenvalue weighted by Crippen LogP contribution is 2.28. The van der Waals surface area contributed by atoms with E-state index in [2.05, 4.69) is 4.99 Å². The lowest BCUT2D eigenvalue weighted by atomic mass is 9.98. The topological polar surface area (TPSA) is 29.4 Å². The van der Waals surface area contributed by atoms with E-state index >= 15 is 0 Å². The van der Waals surface area contributed by atoms with Crippen LogP contribution in [0.4, 0.5) is 43.9 Å². The van der Waals surface area contributed by atoms with Crippen molar-refractivity contribution >= 4 is 23.3 Å². The fraction of sp³-hybridized carbons (Fsp3) is 0.222. The smallest absolute Gasteiger partial charge is 0.200 e. The van der Waals surface area contributed by atoms with E-state index in [9.17, 15) is 48.7 Å². The summed E-state index contributed by atoms with van der Waals surface area (Å²) in [5, 5.41) is 0. The summed E-state index contributed by atoms with van der Waals surface area (Å²) in [4.78, 5) is 15.8. The number of carbonyl (C=O) groups is 1. The molecular weight excluding hydrogens is 468 g/mol. The molecule has 0 aliphatic heterocycles. The van der Waals surface area contributed by atoms with Gasteiger partial charge in [0.15, 0.2) is 52.3 Å². The molecule has 0 unspecified atom stereocenters. The molecule has 13 heteroatoms. The van der Waals surface area contributed by atoms with Crippen molar-refractivity contribution in [3.63, 3.8) is 0 Å². The van der Waals surface area contributed by atoms with Gasteiger partial charge in [0.05, 0.1) is 23.3 Å². The zero-order valence-electron chi connectivity index (χ0n) is 15.2. The van der Waals surface area contributed by atoms with Gasteiger partial charge in [-0.1, -0.05) is 0 Å². The predicted molar refractivity (Wildman–Crippen MR) is 91.2 cm³/mol. The van der Waals surface area contributed by atoms with Crippen LogP contribution in [0, 0.1) is 58.2 Å². The zero-order chi connectivity index (χ0) is 23.6. The van der Waals surface area contributed by atoms with Crippen molar-refractivity contribution in [2.24, 2.45) is 4.99 Å². The third-order valence-corrected chi connectivity index (χ3v) is 4.50. The first-order valence-electron chi connectivity index (χ1n) is 8.04. The van der Waals surface area contributed by atoms with Crippen LogP contribution >= 0.6 is 11.8 Å². The van der Waals surface area contributed by atoms with Crippen molar-refractivity contribution in [1.82, 2.24) is 0 Å². The van der Waals surface area contributed by atoms with Crippen LogP contribution in [-0.2, 0) is 0 Å². The molecular formula is C18H9F10NOS. The molecule has 0 amide bonds. The van der Waals surface area contributed by atoms with E-state index in [0.29, 0.717) is 0 Å².